The Labute approximate surface area is 84.3 Å². The van der Waals surface area contributed by atoms with Gasteiger partial charge in [-0.15, -0.1) is 0 Å². The van der Waals surface area contributed by atoms with Gasteiger partial charge < -0.3 is 14.8 Å². The van der Waals surface area contributed by atoms with Gasteiger partial charge in [0.05, 0.1) is 12.7 Å². The van der Waals surface area contributed by atoms with Crippen LogP contribution in [0.5, 0.6) is 5.75 Å². The third-order valence-corrected chi connectivity index (χ3v) is 1.84. The van der Waals surface area contributed by atoms with E-state index < -0.39 is 30.1 Å². The minimum absolute atomic E-state index is 0.437. The zero-order valence-corrected chi connectivity index (χ0v) is 7.75. The zero-order valence-electron chi connectivity index (χ0n) is 7.75. The Kier molecular flexibility index (Phi) is 3.26. The van der Waals surface area contributed by atoms with E-state index in [0.29, 0.717) is 0 Å². The summed E-state index contributed by atoms with van der Waals surface area (Å²) in [6.07, 6.45) is -4.69. The van der Waals surface area contributed by atoms with Crippen molar-refractivity contribution in [3.8, 4) is 5.75 Å². The second kappa shape index (κ2) is 4.12. The lowest BCUT2D eigenvalue weighted by Gasteiger charge is -2.15. The predicted octanol–water partition coefficient (Wildman–Crippen LogP) is 0.394. The molecule has 0 saturated heterocycles. The van der Waals surface area contributed by atoms with E-state index >= 15 is 0 Å². The maximum absolute atomic E-state index is 12.6. The lowest BCUT2D eigenvalue weighted by Crippen LogP contribution is -2.36. The summed E-state index contributed by atoms with van der Waals surface area (Å²) >= 11 is 0. The van der Waals surface area contributed by atoms with Crippen LogP contribution in [-0.4, -0.2) is 24.3 Å². The average molecular weight is 220 g/mol. The molecular weight excluding hydrogens is 212 g/mol. The summed E-state index contributed by atoms with van der Waals surface area (Å²) in [5, 5.41) is 17.6. The number of methoxy groups -OCH3 is 1. The number of alkyl halides is 3. The van der Waals surface area contributed by atoms with Crippen LogP contribution < -0.4 is 10.2 Å². The van der Waals surface area contributed by atoms with Crippen molar-refractivity contribution >= 4 is 12.6 Å². The first-order valence-electron chi connectivity index (χ1n) is 3.98. The van der Waals surface area contributed by atoms with E-state index in [0.717, 1.165) is 19.2 Å². The Morgan fingerprint density at radius 1 is 1.27 bits per heavy atom. The van der Waals surface area contributed by atoms with Crippen LogP contribution in [0.15, 0.2) is 18.2 Å². The van der Waals surface area contributed by atoms with E-state index in [4.69, 9.17) is 10.0 Å². The molecule has 0 radical (unpaired) electrons. The molecule has 0 heterocycles. The molecule has 1 rings (SSSR count). The highest BCUT2D eigenvalue weighted by Crippen LogP contribution is 2.34. The van der Waals surface area contributed by atoms with E-state index in [1.807, 2.05) is 0 Å². The topological polar surface area (TPSA) is 49.7 Å². The van der Waals surface area contributed by atoms with E-state index in [9.17, 15) is 13.2 Å². The first kappa shape index (κ1) is 11.9. The summed E-state index contributed by atoms with van der Waals surface area (Å²) in [5.74, 6) is -0.437. The fourth-order valence-corrected chi connectivity index (χ4v) is 1.24. The van der Waals surface area contributed by atoms with Crippen molar-refractivity contribution in [3.05, 3.63) is 23.8 Å². The number of ether oxygens (including phenoxy) is 1. The highest BCUT2D eigenvalue weighted by molar-refractivity contribution is 6.59. The Morgan fingerprint density at radius 3 is 2.27 bits per heavy atom. The van der Waals surface area contributed by atoms with E-state index in [-0.39, 0.29) is 0 Å². The summed E-state index contributed by atoms with van der Waals surface area (Å²) in [4.78, 5) is 0. The Morgan fingerprint density at radius 2 is 1.87 bits per heavy atom. The molecule has 1 aromatic carbocycles. The van der Waals surface area contributed by atoms with Crippen molar-refractivity contribution in [1.82, 2.24) is 0 Å². The van der Waals surface area contributed by atoms with Crippen molar-refractivity contribution in [3.63, 3.8) is 0 Å². The Hall–Kier alpha value is -1.21. The van der Waals surface area contributed by atoms with Crippen molar-refractivity contribution in [2.45, 2.75) is 6.18 Å². The molecule has 1 aromatic rings. The van der Waals surface area contributed by atoms with Gasteiger partial charge in [0, 0.05) is 0 Å². The third-order valence-electron chi connectivity index (χ3n) is 1.84. The number of hydrogen-bond acceptors (Lipinski definition) is 3. The van der Waals surface area contributed by atoms with E-state index in [1.54, 1.807) is 0 Å². The maximum atomic E-state index is 12.6. The summed E-state index contributed by atoms with van der Waals surface area (Å²) < 4.78 is 42.2. The third kappa shape index (κ3) is 2.43. The highest BCUT2D eigenvalue weighted by Gasteiger charge is 2.39. The van der Waals surface area contributed by atoms with Crippen LogP contribution >= 0.6 is 0 Å². The van der Waals surface area contributed by atoms with Crippen LogP contribution in [0, 0.1) is 0 Å². The monoisotopic (exact) mass is 220 g/mol. The van der Waals surface area contributed by atoms with Gasteiger partial charge in [-0.3, -0.25) is 0 Å². The smallest absolute Gasteiger partial charge is 0.489 e. The second-order valence-electron chi connectivity index (χ2n) is 2.80. The average Bonchev–Trinajstić information content (AvgIpc) is 2.15. The van der Waals surface area contributed by atoms with Crippen LogP contribution in [0.2, 0.25) is 0 Å². The summed E-state index contributed by atoms with van der Waals surface area (Å²) in [6, 6.07) is 3.34. The quantitative estimate of drug-likeness (QED) is 0.709. The van der Waals surface area contributed by atoms with Crippen molar-refractivity contribution in [1.29, 1.82) is 0 Å². The van der Waals surface area contributed by atoms with Crippen LogP contribution in [0.4, 0.5) is 13.2 Å². The van der Waals surface area contributed by atoms with Crippen LogP contribution in [0.1, 0.15) is 5.56 Å². The molecule has 0 bridgehead atoms. The molecule has 82 valence electrons. The van der Waals surface area contributed by atoms with Gasteiger partial charge in [0.15, 0.2) is 0 Å². The fraction of sp³-hybridized carbons (Fsp3) is 0.250. The van der Waals surface area contributed by atoms with Crippen molar-refractivity contribution < 1.29 is 28.0 Å². The summed E-state index contributed by atoms with van der Waals surface area (Å²) in [6.45, 7) is 0. The number of rotatable bonds is 2. The molecule has 0 aliphatic rings. The lowest BCUT2D eigenvalue weighted by molar-refractivity contribution is -0.138. The van der Waals surface area contributed by atoms with Crippen LogP contribution in [0.3, 0.4) is 0 Å². The molecule has 2 N–H and O–H groups in total. The number of halogens is 3. The molecule has 0 aliphatic carbocycles. The normalized spacial score (nSPS) is 11.3. The molecule has 0 aromatic heterocycles. The maximum Gasteiger partial charge on any atom is 0.489 e. The Bertz CT molecular complexity index is 351. The van der Waals surface area contributed by atoms with Gasteiger partial charge in [-0.25, -0.2) is 0 Å². The van der Waals surface area contributed by atoms with E-state index in [1.165, 1.54) is 6.07 Å². The largest absolute Gasteiger partial charge is 0.496 e. The van der Waals surface area contributed by atoms with Crippen LogP contribution in [-0.2, 0) is 6.18 Å². The molecule has 0 unspecified atom stereocenters. The standard InChI is InChI=1S/C8H8BF3O3/c1-15-6-4-2-3-5(9(13)14)7(6)8(10,11)12/h2-4,13-14H,1H3. The molecule has 0 amide bonds. The minimum atomic E-state index is -4.69. The first-order valence-corrected chi connectivity index (χ1v) is 3.98. The van der Waals surface area contributed by atoms with Crippen molar-refractivity contribution in [2.75, 3.05) is 7.11 Å². The molecule has 0 saturated carbocycles. The lowest BCUT2D eigenvalue weighted by atomic mass is 9.76. The van der Waals surface area contributed by atoms with E-state index in [2.05, 4.69) is 4.74 Å². The molecular formula is C8H8BF3O3. The second-order valence-corrected chi connectivity index (χ2v) is 2.80. The first-order chi connectivity index (χ1) is 6.88. The molecule has 7 heteroatoms. The van der Waals surface area contributed by atoms with Gasteiger partial charge in [-0.2, -0.15) is 13.2 Å². The van der Waals surface area contributed by atoms with Crippen molar-refractivity contribution in [2.24, 2.45) is 0 Å². The minimum Gasteiger partial charge on any atom is -0.496 e. The van der Waals surface area contributed by atoms with Crippen LogP contribution in [0.25, 0.3) is 0 Å². The predicted molar refractivity (Wildman–Crippen MR) is 47.8 cm³/mol. The zero-order chi connectivity index (χ0) is 11.6. The molecule has 0 spiro atoms. The Balaban J connectivity index is 3.41. The van der Waals surface area contributed by atoms with Gasteiger partial charge >= 0.3 is 13.3 Å². The van der Waals surface area contributed by atoms with Gasteiger partial charge in [-0.1, -0.05) is 12.1 Å². The van der Waals surface area contributed by atoms with Gasteiger partial charge in [0.25, 0.3) is 0 Å². The van der Waals surface area contributed by atoms with Gasteiger partial charge in [0.1, 0.15) is 5.75 Å². The highest BCUT2D eigenvalue weighted by atomic mass is 19.4. The number of hydrogen-bond donors (Lipinski definition) is 2. The number of benzene rings is 1. The van der Waals surface area contributed by atoms with Gasteiger partial charge in [-0.05, 0) is 11.5 Å². The molecule has 0 atom stereocenters. The van der Waals surface area contributed by atoms with Gasteiger partial charge in [0.2, 0.25) is 0 Å². The fourth-order valence-electron chi connectivity index (χ4n) is 1.24. The summed E-state index contributed by atoms with van der Waals surface area (Å²) in [5.41, 5.74) is -1.79. The molecule has 0 fully saturated rings. The molecule has 0 aliphatic heterocycles. The molecule has 3 nitrogen and oxygen atoms in total. The summed E-state index contributed by atoms with van der Waals surface area (Å²) in [7, 11) is -1.10. The SMILES string of the molecule is COc1cccc(B(O)O)c1C(F)(F)F. The molecule has 15 heavy (non-hydrogen) atoms.